The Kier molecular flexibility index (Phi) is 7.41. The summed E-state index contributed by atoms with van der Waals surface area (Å²) in [7, 11) is 0. The van der Waals surface area contributed by atoms with E-state index < -0.39 is 0 Å². The third-order valence-corrected chi connectivity index (χ3v) is 13.2. The van der Waals surface area contributed by atoms with E-state index in [-0.39, 0.29) is 10.8 Å². The Labute approximate surface area is 330 Å². The van der Waals surface area contributed by atoms with Gasteiger partial charge >= 0.3 is 0 Å². The summed E-state index contributed by atoms with van der Waals surface area (Å²) >= 11 is 0. The number of hydrogen-bond acceptors (Lipinski definition) is 2. The molecule has 8 aromatic carbocycles. The van der Waals surface area contributed by atoms with Crippen molar-refractivity contribution in [1.82, 2.24) is 0 Å². The molecule has 2 heteroatoms. The number of anilines is 6. The maximum Gasteiger partial charge on any atom is 0.0465 e. The van der Waals surface area contributed by atoms with Crippen LogP contribution in [0, 0.1) is 0 Å². The number of benzene rings is 8. The average Bonchev–Trinajstić information content (AvgIpc) is 3.88. The number of aryl methyl sites for hydroxylation is 2. The standard InChI is InChI=1S/C54H44N2/c1-53(2)48-29-24-37-14-12-13-21-46(37)52(48)47-28-27-45(36-51(47)53)56(42-19-10-5-11-20-42)44-26-23-39-31-33-54(50(39)35-44)32-30-38-22-25-43(34-49(38)54)55(40-15-6-3-7-16-40)41-17-8-4-9-18-41/h3-29,34-36H,30-33H2,1-2H3/t54-/m1/s1. The second-order valence-electron chi connectivity index (χ2n) is 16.5. The van der Waals surface area contributed by atoms with Gasteiger partial charge in [0, 0.05) is 45.0 Å². The molecule has 8 aromatic rings. The Balaban J connectivity index is 1.04. The third-order valence-electron chi connectivity index (χ3n) is 13.2. The summed E-state index contributed by atoms with van der Waals surface area (Å²) in [6, 6.07) is 67.8. The SMILES string of the molecule is CC1(C)c2cc(N(c3ccccc3)c3ccc4c(c3)[C@]3(CCc5ccc(N(c6ccccc6)c6ccccc6)cc53)CC4)ccc2-c2c1ccc1ccccc21. The van der Waals surface area contributed by atoms with Gasteiger partial charge in [0.2, 0.25) is 0 Å². The first-order valence-corrected chi connectivity index (χ1v) is 20.2. The molecule has 0 saturated carbocycles. The molecule has 11 rings (SSSR count). The van der Waals surface area contributed by atoms with Gasteiger partial charge in [-0.2, -0.15) is 0 Å². The molecule has 0 N–H and O–H groups in total. The fraction of sp³-hybridized carbons (Fsp3) is 0.148. The van der Waals surface area contributed by atoms with Crippen molar-refractivity contribution < 1.29 is 0 Å². The Morgan fingerprint density at radius 3 is 1.41 bits per heavy atom. The molecule has 0 amide bonds. The highest BCUT2D eigenvalue weighted by molar-refractivity contribution is 6.03. The Morgan fingerprint density at radius 1 is 0.393 bits per heavy atom. The summed E-state index contributed by atoms with van der Waals surface area (Å²) in [4.78, 5) is 4.90. The molecule has 0 aromatic heterocycles. The average molecular weight is 721 g/mol. The zero-order valence-electron chi connectivity index (χ0n) is 32.0. The summed E-state index contributed by atoms with van der Waals surface area (Å²) < 4.78 is 0. The highest BCUT2D eigenvalue weighted by atomic mass is 15.1. The fourth-order valence-electron chi connectivity index (χ4n) is 10.5. The fourth-order valence-corrected chi connectivity index (χ4v) is 10.5. The molecule has 0 saturated heterocycles. The van der Waals surface area contributed by atoms with Gasteiger partial charge in [-0.25, -0.2) is 0 Å². The zero-order valence-corrected chi connectivity index (χ0v) is 32.0. The van der Waals surface area contributed by atoms with Crippen LogP contribution in [-0.4, -0.2) is 0 Å². The Hall–Kier alpha value is -6.38. The first kappa shape index (κ1) is 33.0. The topological polar surface area (TPSA) is 6.48 Å². The summed E-state index contributed by atoms with van der Waals surface area (Å²) in [6.07, 6.45) is 4.49. The van der Waals surface area contributed by atoms with Crippen molar-refractivity contribution in [3.05, 3.63) is 215 Å². The molecule has 0 aliphatic heterocycles. The molecule has 3 aliphatic carbocycles. The molecular weight excluding hydrogens is 677 g/mol. The maximum atomic E-state index is 2.55. The molecule has 0 unspecified atom stereocenters. The zero-order chi connectivity index (χ0) is 37.4. The molecule has 0 fully saturated rings. The number of hydrogen-bond donors (Lipinski definition) is 0. The van der Waals surface area contributed by atoms with Gasteiger partial charge in [0.05, 0.1) is 0 Å². The van der Waals surface area contributed by atoms with Crippen molar-refractivity contribution in [3.8, 4) is 11.1 Å². The van der Waals surface area contributed by atoms with Gasteiger partial charge in [-0.1, -0.05) is 123 Å². The maximum absolute atomic E-state index is 2.55. The van der Waals surface area contributed by atoms with E-state index in [0.717, 1.165) is 25.7 Å². The normalized spacial score (nSPS) is 17.0. The third kappa shape index (κ3) is 4.95. The van der Waals surface area contributed by atoms with E-state index in [1.54, 1.807) is 0 Å². The lowest BCUT2D eigenvalue weighted by molar-refractivity contribution is 0.507. The summed E-state index contributed by atoms with van der Waals surface area (Å²) in [6.45, 7) is 4.79. The molecule has 0 heterocycles. The number of rotatable bonds is 6. The second-order valence-corrected chi connectivity index (χ2v) is 16.5. The van der Waals surface area contributed by atoms with Gasteiger partial charge < -0.3 is 9.80 Å². The largest absolute Gasteiger partial charge is 0.310 e. The molecule has 2 nitrogen and oxygen atoms in total. The Morgan fingerprint density at radius 2 is 0.857 bits per heavy atom. The highest BCUT2D eigenvalue weighted by Gasteiger charge is 2.45. The van der Waals surface area contributed by atoms with Crippen LogP contribution in [0.5, 0.6) is 0 Å². The van der Waals surface area contributed by atoms with Crippen LogP contribution in [0.1, 0.15) is 60.1 Å². The van der Waals surface area contributed by atoms with Crippen LogP contribution < -0.4 is 9.80 Å². The minimum absolute atomic E-state index is 0.0132. The smallest absolute Gasteiger partial charge is 0.0465 e. The van der Waals surface area contributed by atoms with Gasteiger partial charge in [0.1, 0.15) is 0 Å². The van der Waals surface area contributed by atoms with Crippen LogP contribution in [0.2, 0.25) is 0 Å². The van der Waals surface area contributed by atoms with Crippen LogP contribution >= 0.6 is 0 Å². The summed E-state index contributed by atoms with van der Waals surface area (Å²) in [5.41, 5.74) is 18.5. The van der Waals surface area contributed by atoms with Gasteiger partial charge in [-0.05, 0) is 154 Å². The summed E-state index contributed by atoms with van der Waals surface area (Å²) in [5.74, 6) is 0. The van der Waals surface area contributed by atoms with Gasteiger partial charge in [0.25, 0.3) is 0 Å². The van der Waals surface area contributed by atoms with Crippen LogP contribution in [-0.2, 0) is 23.7 Å². The van der Waals surface area contributed by atoms with Gasteiger partial charge in [-0.15, -0.1) is 0 Å². The molecule has 1 spiro atoms. The van der Waals surface area contributed by atoms with Crippen molar-refractivity contribution in [3.63, 3.8) is 0 Å². The monoisotopic (exact) mass is 720 g/mol. The first-order chi connectivity index (χ1) is 27.5. The van der Waals surface area contributed by atoms with E-state index in [4.69, 9.17) is 0 Å². The highest BCUT2D eigenvalue weighted by Crippen LogP contribution is 2.56. The predicted octanol–water partition coefficient (Wildman–Crippen LogP) is 14.3. The number of para-hydroxylation sites is 3. The number of nitrogens with zero attached hydrogens (tertiary/aromatic N) is 2. The van der Waals surface area contributed by atoms with Crippen molar-refractivity contribution >= 4 is 44.9 Å². The Bertz CT molecular complexity index is 2740. The van der Waals surface area contributed by atoms with E-state index in [1.165, 1.54) is 89.4 Å². The van der Waals surface area contributed by atoms with E-state index in [1.807, 2.05) is 0 Å². The van der Waals surface area contributed by atoms with Crippen molar-refractivity contribution in [2.24, 2.45) is 0 Å². The van der Waals surface area contributed by atoms with Crippen LogP contribution in [0.15, 0.2) is 182 Å². The minimum atomic E-state index is -0.117. The molecule has 0 bridgehead atoms. The van der Waals surface area contributed by atoms with Crippen molar-refractivity contribution in [1.29, 1.82) is 0 Å². The molecule has 1 atom stereocenters. The lowest BCUT2D eigenvalue weighted by atomic mass is 9.76. The minimum Gasteiger partial charge on any atom is -0.310 e. The van der Waals surface area contributed by atoms with Crippen molar-refractivity contribution in [2.45, 2.75) is 50.4 Å². The molecule has 56 heavy (non-hydrogen) atoms. The molecule has 270 valence electrons. The van der Waals surface area contributed by atoms with Crippen LogP contribution in [0.3, 0.4) is 0 Å². The van der Waals surface area contributed by atoms with Gasteiger partial charge in [-0.3, -0.25) is 0 Å². The molecule has 3 aliphatic rings. The lowest BCUT2D eigenvalue weighted by Crippen LogP contribution is -2.22. The van der Waals surface area contributed by atoms with Gasteiger partial charge in [0.15, 0.2) is 0 Å². The summed E-state index contributed by atoms with van der Waals surface area (Å²) in [5, 5.41) is 2.63. The number of fused-ring (bicyclic) bond motifs is 9. The van der Waals surface area contributed by atoms with E-state index in [0.29, 0.717) is 0 Å². The lowest BCUT2D eigenvalue weighted by Gasteiger charge is -2.32. The first-order valence-electron chi connectivity index (χ1n) is 20.2. The van der Waals surface area contributed by atoms with Crippen LogP contribution in [0.4, 0.5) is 34.1 Å². The molecular formula is C54H44N2. The van der Waals surface area contributed by atoms with E-state index in [2.05, 4.69) is 206 Å². The van der Waals surface area contributed by atoms with Crippen molar-refractivity contribution in [2.75, 3.05) is 9.80 Å². The van der Waals surface area contributed by atoms with E-state index in [9.17, 15) is 0 Å². The van der Waals surface area contributed by atoms with Crippen LogP contribution in [0.25, 0.3) is 21.9 Å². The quantitative estimate of drug-likeness (QED) is 0.169. The second kappa shape index (κ2) is 12.6. The molecule has 0 radical (unpaired) electrons. The predicted molar refractivity (Wildman–Crippen MR) is 235 cm³/mol. The van der Waals surface area contributed by atoms with E-state index >= 15 is 0 Å².